The van der Waals surface area contributed by atoms with Crippen molar-refractivity contribution in [2.75, 3.05) is 45.8 Å². The Morgan fingerprint density at radius 1 is 1.19 bits per heavy atom. The number of benzene rings is 1. The van der Waals surface area contributed by atoms with Crippen LogP contribution in [-0.4, -0.2) is 61.6 Å². The number of hydrogen-bond donors (Lipinski definition) is 1. The van der Waals surface area contributed by atoms with E-state index in [9.17, 15) is 0 Å². The van der Waals surface area contributed by atoms with Crippen LogP contribution in [0.4, 0.5) is 0 Å². The Balaban J connectivity index is 1.25. The number of nitrogens with zero attached hydrogens (tertiary/aromatic N) is 3. The fourth-order valence-corrected chi connectivity index (χ4v) is 5.04. The highest BCUT2D eigenvalue weighted by Crippen LogP contribution is 2.47. The minimum absolute atomic E-state index is 0.637. The third-order valence-electron chi connectivity index (χ3n) is 6.92. The summed E-state index contributed by atoms with van der Waals surface area (Å²) in [6.45, 7) is 10.2. The van der Waals surface area contributed by atoms with Crippen LogP contribution in [0.2, 0.25) is 0 Å². The van der Waals surface area contributed by atoms with Crippen LogP contribution < -0.4 is 5.32 Å². The number of rotatable bonds is 6. The van der Waals surface area contributed by atoms with Crippen molar-refractivity contribution in [3.8, 4) is 0 Å². The van der Waals surface area contributed by atoms with Crippen LogP contribution in [0.3, 0.4) is 0 Å². The van der Waals surface area contributed by atoms with Crippen LogP contribution >= 0.6 is 0 Å². The zero-order valence-electron chi connectivity index (χ0n) is 17.0. The lowest BCUT2D eigenvalue weighted by Crippen LogP contribution is -2.42. The van der Waals surface area contributed by atoms with Crippen LogP contribution in [0, 0.1) is 11.3 Å². The van der Waals surface area contributed by atoms with Gasteiger partial charge in [0.15, 0.2) is 5.96 Å². The van der Waals surface area contributed by atoms with E-state index in [4.69, 9.17) is 4.99 Å². The molecule has 0 amide bonds. The van der Waals surface area contributed by atoms with Gasteiger partial charge in [-0.1, -0.05) is 36.8 Å². The Hall–Kier alpha value is -1.55. The highest BCUT2D eigenvalue weighted by molar-refractivity contribution is 5.80. The molecule has 1 atom stereocenters. The fraction of sp³-hybridized carbons (Fsp3) is 0.696. The van der Waals surface area contributed by atoms with E-state index in [1.165, 1.54) is 76.4 Å². The molecule has 0 radical (unpaired) electrons. The van der Waals surface area contributed by atoms with Gasteiger partial charge in [-0.3, -0.25) is 4.99 Å². The number of aliphatic imine (C=N–C) groups is 1. The van der Waals surface area contributed by atoms with Crippen molar-refractivity contribution in [2.24, 2.45) is 16.3 Å². The Labute approximate surface area is 165 Å². The topological polar surface area (TPSA) is 30.9 Å². The molecule has 1 aromatic carbocycles. The molecular formula is C23H36N4. The van der Waals surface area contributed by atoms with Crippen molar-refractivity contribution < 1.29 is 0 Å². The standard InChI is InChI=1S/C23H36N4/c1-2-24-22(27-16-13-23(19-27)11-6-12-23)25-17-21-10-15-26(18-21)14-9-20-7-4-3-5-8-20/h3-5,7-8,21H,2,6,9-19H2,1H3,(H,24,25). The summed E-state index contributed by atoms with van der Waals surface area (Å²) in [6.07, 6.45) is 8.12. The molecule has 1 spiro atoms. The molecule has 0 bridgehead atoms. The third-order valence-corrected chi connectivity index (χ3v) is 6.92. The molecule has 2 aliphatic heterocycles. The van der Waals surface area contributed by atoms with Crippen LogP contribution in [0.1, 0.15) is 44.6 Å². The summed E-state index contributed by atoms with van der Waals surface area (Å²) in [4.78, 5) is 10.2. The number of likely N-dealkylation sites (tertiary alicyclic amines) is 2. The van der Waals surface area contributed by atoms with Gasteiger partial charge in [0.1, 0.15) is 0 Å². The van der Waals surface area contributed by atoms with E-state index < -0.39 is 0 Å². The van der Waals surface area contributed by atoms with Crippen molar-refractivity contribution in [1.82, 2.24) is 15.1 Å². The van der Waals surface area contributed by atoms with Gasteiger partial charge in [-0.05, 0) is 62.5 Å². The molecule has 1 saturated carbocycles. The van der Waals surface area contributed by atoms with Crippen molar-refractivity contribution in [1.29, 1.82) is 0 Å². The van der Waals surface area contributed by atoms with Crippen molar-refractivity contribution >= 4 is 5.96 Å². The molecule has 4 heteroatoms. The number of hydrogen-bond acceptors (Lipinski definition) is 2. The van der Waals surface area contributed by atoms with E-state index in [2.05, 4.69) is 52.4 Å². The predicted octanol–water partition coefficient (Wildman–Crippen LogP) is 3.39. The molecule has 3 aliphatic rings. The third kappa shape index (κ3) is 4.66. The Bertz CT molecular complexity index is 623. The van der Waals surface area contributed by atoms with E-state index in [-0.39, 0.29) is 0 Å². The molecule has 148 valence electrons. The van der Waals surface area contributed by atoms with E-state index >= 15 is 0 Å². The van der Waals surface area contributed by atoms with Crippen molar-refractivity contribution in [2.45, 2.75) is 45.4 Å². The van der Waals surface area contributed by atoms with E-state index in [0.29, 0.717) is 5.41 Å². The molecule has 0 aromatic heterocycles. The molecule has 1 aromatic rings. The molecule has 27 heavy (non-hydrogen) atoms. The number of nitrogens with one attached hydrogen (secondary N) is 1. The molecule has 3 fully saturated rings. The first-order valence-corrected chi connectivity index (χ1v) is 11.1. The number of guanidine groups is 1. The highest BCUT2D eigenvalue weighted by Gasteiger charge is 2.43. The maximum Gasteiger partial charge on any atom is 0.193 e. The smallest absolute Gasteiger partial charge is 0.193 e. The average Bonchev–Trinajstić information content (AvgIpc) is 3.31. The lowest BCUT2D eigenvalue weighted by atomic mass is 9.68. The molecule has 1 aliphatic carbocycles. The second-order valence-corrected chi connectivity index (χ2v) is 8.91. The molecule has 4 nitrogen and oxygen atoms in total. The minimum atomic E-state index is 0.637. The van der Waals surface area contributed by atoms with Gasteiger partial charge >= 0.3 is 0 Å². The maximum absolute atomic E-state index is 5.06. The Morgan fingerprint density at radius 2 is 2.04 bits per heavy atom. The summed E-state index contributed by atoms with van der Waals surface area (Å²) in [5.41, 5.74) is 2.09. The van der Waals surface area contributed by atoms with Gasteiger partial charge in [-0.25, -0.2) is 0 Å². The van der Waals surface area contributed by atoms with Crippen molar-refractivity contribution in [3.63, 3.8) is 0 Å². The van der Waals surface area contributed by atoms with Gasteiger partial charge in [0.25, 0.3) is 0 Å². The average molecular weight is 369 g/mol. The first-order chi connectivity index (χ1) is 13.3. The second kappa shape index (κ2) is 8.64. The first kappa shape index (κ1) is 18.8. The molecule has 2 saturated heterocycles. The van der Waals surface area contributed by atoms with Crippen LogP contribution in [-0.2, 0) is 6.42 Å². The van der Waals surface area contributed by atoms with Gasteiger partial charge in [0.05, 0.1) is 0 Å². The normalized spacial score (nSPS) is 25.1. The lowest BCUT2D eigenvalue weighted by Gasteiger charge is -2.38. The second-order valence-electron chi connectivity index (χ2n) is 8.91. The summed E-state index contributed by atoms with van der Waals surface area (Å²) >= 11 is 0. The first-order valence-electron chi connectivity index (χ1n) is 11.1. The quantitative estimate of drug-likeness (QED) is 0.617. The summed E-state index contributed by atoms with van der Waals surface area (Å²) in [7, 11) is 0. The zero-order valence-corrected chi connectivity index (χ0v) is 17.0. The van der Waals surface area contributed by atoms with Crippen molar-refractivity contribution in [3.05, 3.63) is 35.9 Å². The molecule has 1 unspecified atom stereocenters. The van der Waals surface area contributed by atoms with Gasteiger partial charge in [-0.15, -0.1) is 0 Å². The lowest BCUT2D eigenvalue weighted by molar-refractivity contribution is 0.151. The van der Waals surface area contributed by atoms with Gasteiger partial charge in [0, 0.05) is 39.3 Å². The van der Waals surface area contributed by atoms with Crippen LogP contribution in [0.15, 0.2) is 35.3 Å². The molecule has 1 N–H and O–H groups in total. The van der Waals surface area contributed by atoms with Gasteiger partial charge < -0.3 is 15.1 Å². The zero-order chi connectivity index (χ0) is 18.5. The Morgan fingerprint density at radius 3 is 2.74 bits per heavy atom. The summed E-state index contributed by atoms with van der Waals surface area (Å²) in [5, 5.41) is 3.55. The monoisotopic (exact) mass is 368 g/mol. The van der Waals surface area contributed by atoms with E-state index in [1.807, 2.05) is 0 Å². The largest absolute Gasteiger partial charge is 0.357 e. The molecular weight excluding hydrogens is 332 g/mol. The minimum Gasteiger partial charge on any atom is -0.357 e. The summed E-state index contributed by atoms with van der Waals surface area (Å²) in [5.74, 6) is 1.89. The van der Waals surface area contributed by atoms with Gasteiger partial charge in [-0.2, -0.15) is 0 Å². The molecule has 4 rings (SSSR count). The summed E-state index contributed by atoms with van der Waals surface area (Å²) in [6, 6.07) is 10.9. The van der Waals surface area contributed by atoms with E-state index in [1.54, 1.807) is 0 Å². The van der Waals surface area contributed by atoms with Crippen LogP contribution in [0.5, 0.6) is 0 Å². The molecule has 2 heterocycles. The summed E-state index contributed by atoms with van der Waals surface area (Å²) < 4.78 is 0. The fourth-order valence-electron chi connectivity index (χ4n) is 5.04. The van der Waals surface area contributed by atoms with Crippen LogP contribution in [0.25, 0.3) is 0 Å². The van der Waals surface area contributed by atoms with E-state index in [0.717, 1.165) is 25.4 Å². The maximum atomic E-state index is 5.06. The van der Waals surface area contributed by atoms with Gasteiger partial charge in [0.2, 0.25) is 0 Å². The highest BCUT2D eigenvalue weighted by atomic mass is 15.3. The Kier molecular flexibility index (Phi) is 6.01. The predicted molar refractivity (Wildman–Crippen MR) is 113 cm³/mol. The SMILES string of the molecule is CCNC(=NCC1CCN(CCc2ccccc2)C1)N1CCC2(CCC2)C1.